The summed E-state index contributed by atoms with van der Waals surface area (Å²) in [6, 6.07) is 2.16. The Kier molecular flexibility index (Phi) is 6.66. The normalized spacial score (nSPS) is 12.1. The second-order valence-corrected chi connectivity index (χ2v) is 8.35. The maximum atomic E-state index is 3.51. The van der Waals surface area contributed by atoms with Crippen LogP contribution in [0.1, 0.15) is 32.1 Å². The van der Waals surface area contributed by atoms with Crippen LogP contribution in [0.4, 0.5) is 0 Å². The summed E-state index contributed by atoms with van der Waals surface area (Å²) in [4.78, 5) is 1.35. The highest BCUT2D eigenvalue weighted by Crippen LogP contribution is 2.32. The van der Waals surface area contributed by atoms with E-state index in [1.165, 1.54) is 8.66 Å². The molecule has 2 nitrogen and oxygen atoms in total. The van der Waals surface area contributed by atoms with Crippen molar-refractivity contribution < 1.29 is 0 Å². The third-order valence-corrected chi connectivity index (χ3v) is 5.44. The van der Waals surface area contributed by atoms with Crippen molar-refractivity contribution in [3.8, 4) is 0 Å². The molecule has 1 aromatic rings. The van der Waals surface area contributed by atoms with Crippen molar-refractivity contribution in [3.63, 3.8) is 0 Å². The number of hydrogen-bond donors (Lipinski definition) is 2. The Morgan fingerprint density at radius 2 is 1.94 bits per heavy atom. The van der Waals surface area contributed by atoms with Crippen molar-refractivity contribution in [1.82, 2.24) is 10.6 Å². The van der Waals surface area contributed by atoms with Crippen LogP contribution in [0.5, 0.6) is 0 Å². The highest BCUT2D eigenvalue weighted by atomic mass is 79.9. The first-order valence-electron chi connectivity index (χ1n) is 5.78. The van der Waals surface area contributed by atoms with Crippen molar-refractivity contribution in [1.29, 1.82) is 0 Å². The number of nitrogens with one attached hydrogen (secondary N) is 2. The molecule has 0 saturated heterocycles. The molecule has 2 N–H and O–H groups in total. The van der Waals surface area contributed by atoms with Crippen LogP contribution >= 0.6 is 43.2 Å². The molecule has 0 aliphatic heterocycles. The standard InChI is InChI=1S/C12H20Br2N2S/c1-12(2,3)16-6-4-5-15-8-9-7-10(13)11(14)17-9/h7,15-16H,4-6,8H2,1-3H3. The van der Waals surface area contributed by atoms with Gasteiger partial charge < -0.3 is 10.6 Å². The van der Waals surface area contributed by atoms with Crippen molar-refractivity contribution in [3.05, 3.63) is 19.2 Å². The molecule has 0 bridgehead atoms. The molecule has 0 spiro atoms. The summed E-state index contributed by atoms with van der Waals surface area (Å²) in [5.74, 6) is 0. The molecule has 0 fully saturated rings. The lowest BCUT2D eigenvalue weighted by Gasteiger charge is -2.20. The average Bonchev–Trinajstić information content (AvgIpc) is 2.50. The Bertz CT molecular complexity index is 325. The fourth-order valence-corrected chi connectivity index (χ4v) is 3.51. The molecule has 0 amide bonds. The smallest absolute Gasteiger partial charge is 0.0843 e. The van der Waals surface area contributed by atoms with Gasteiger partial charge in [0, 0.05) is 21.4 Å². The summed E-state index contributed by atoms with van der Waals surface area (Å²) in [5.41, 5.74) is 0.226. The van der Waals surface area contributed by atoms with Gasteiger partial charge in [-0.25, -0.2) is 0 Å². The molecular formula is C12H20Br2N2S. The Morgan fingerprint density at radius 3 is 2.47 bits per heavy atom. The van der Waals surface area contributed by atoms with Crippen molar-refractivity contribution >= 4 is 43.2 Å². The lowest BCUT2D eigenvalue weighted by atomic mass is 10.1. The quantitative estimate of drug-likeness (QED) is 0.721. The Labute approximate surface area is 125 Å². The second kappa shape index (κ2) is 7.24. The van der Waals surface area contributed by atoms with E-state index in [0.717, 1.165) is 30.5 Å². The fraction of sp³-hybridized carbons (Fsp3) is 0.667. The highest BCUT2D eigenvalue weighted by molar-refractivity contribution is 9.13. The molecule has 0 saturated carbocycles. The van der Waals surface area contributed by atoms with E-state index in [1.807, 2.05) is 0 Å². The number of rotatable bonds is 6. The van der Waals surface area contributed by atoms with Crippen LogP contribution < -0.4 is 10.6 Å². The van der Waals surface area contributed by atoms with E-state index in [9.17, 15) is 0 Å². The second-order valence-electron chi connectivity index (χ2n) is 5.04. The van der Waals surface area contributed by atoms with Crippen molar-refractivity contribution in [2.24, 2.45) is 0 Å². The molecule has 0 aromatic carbocycles. The monoisotopic (exact) mass is 382 g/mol. The first-order chi connectivity index (χ1) is 7.88. The summed E-state index contributed by atoms with van der Waals surface area (Å²) in [6.07, 6.45) is 1.16. The molecule has 0 radical (unpaired) electrons. The zero-order valence-electron chi connectivity index (χ0n) is 10.6. The van der Waals surface area contributed by atoms with Crippen LogP contribution in [0.3, 0.4) is 0 Å². The molecule has 5 heteroatoms. The molecule has 0 atom stereocenters. The largest absolute Gasteiger partial charge is 0.312 e. The lowest BCUT2D eigenvalue weighted by Crippen LogP contribution is -2.37. The summed E-state index contributed by atoms with van der Waals surface area (Å²) >= 11 is 8.78. The van der Waals surface area contributed by atoms with Crippen LogP contribution in [-0.4, -0.2) is 18.6 Å². The SMILES string of the molecule is CC(C)(C)NCCCNCc1cc(Br)c(Br)s1. The minimum Gasteiger partial charge on any atom is -0.312 e. The molecule has 0 aliphatic rings. The van der Waals surface area contributed by atoms with Crippen molar-refractivity contribution in [2.75, 3.05) is 13.1 Å². The summed E-state index contributed by atoms with van der Waals surface area (Å²) in [7, 11) is 0. The molecular weight excluding hydrogens is 364 g/mol. The van der Waals surface area contributed by atoms with Crippen LogP contribution in [0.15, 0.2) is 14.3 Å². The maximum absolute atomic E-state index is 3.51. The molecule has 0 unspecified atom stereocenters. The van der Waals surface area contributed by atoms with Gasteiger partial charge in [0.1, 0.15) is 0 Å². The number of thiophene rings is 1. The van der Waals surface area contributed by atoms with Gasteiger partial charge in [0.2, 0.25) is 0 Å². The molecule has 0 aliphatic carbocycles. The van der Waals surface area contributed by atoms with E-state index in [-0.39, 0.29) is 5.54 Å². The van der Waals surface area contributed by atoms with Crippen LogP contribution in [-0.2, 0) is 6.54 Å². The Balaban J connectivity index is 2.09. The molecule has 1 heterocycles. The summed E-state index contributed by atoms with van der Waals surface area (Å²) < 4.78 is 2.32. The zero-order chi connectivity index (χ0) is 12.9. The first kappa shape index (κ1) is 15.6. The zero-order valence-corrected chi connectivity index (χ0v) is 14.6. The van der Waals surface area contributed by atoms with E-state index >= 15 is 0 Å². The Hall–Kier alpha value is 0.580. The maximum Gasteiger partial charge on any atom is 0.0843 e. The highest BCUT2D eigenvalue weighted by Gasteiger charge is 2.07. The van der Waals surface area contributed by atoms with Gasteiger partial charge in [0.15, 0.2) is 0 Å². The topological polar surface area (TPSA) is 24.1 Å². The first-order valence-corrected chi connectivity index (χ1v) is 8.18. The van der Waals surface area contributed by atoms with Gasteiger partial charge in [-0.1, -0.05) is 0 Å². The van der Waals surface area contributed by atoms with Gasteiger partial charge in [0.25, 0.3) is 0 Å². The van der Waals surface area contributed by atoms with E-state index in [0.29, 0.717) is 0 Å². The van der Waals surface area contributed by atoms with E-state index < -0.39 is 0 Å². The molecule has 1 rings (SSSR count). The summed E-state index contributed by atoms with van der Waals surface area (Å²) in [5, 5.41) is 6.94. The van der Waals surface area contributed by atoms with Gasteiger partial charge in [0.05, 0.1) is 3.79 Å². The van der Waals surface area contributed by atoms with Crippen LogP contribution in [0, 0.1) is 0 Å². The third-order valence-electron chi connectivity index (χ3n) is 2.18. The van der Waals surface area contributed by atoms with E-state index in [2.05, 4.69) is 69.3 Å². The number of hydrogen-bond acceptors (Lipinski definition) is 3. The minimum atomic E-state index is 0.226. The van der Waals surface area contributed by atoms with Gasteiger partial charge in [-0.2, -0.15) is 0 Å². The van der Waals surface area contributed by atoms with Gasteiger partial charge >= 0.3 is 0 Å². The average molecular weight is 384 g/mol. The predicted octanol–water partition coefficient (Wildman–Crippen LogP) is 4.14. The van der Waals surface area contributed by atoms with Gasteiger partial charge in [-0.3, -0.25) is 0 Å². The van der Waals surface area contributed by atoms with Crippen molar-refractivity contribution in [2.45, 2.75) is 39.3 Å². The molecule has 17 heavy (non-hydrogen) atoms. The van der Waals surface area contributed by atoms with Gasteiger partial charge in [-0.05, 0) is 78.2 Å². The van der Waals surface area contributed by atoms with E-state index in [4.69, 9.17) is 0 Å². The fourth-order valence-electron chi connectivity index (χ4n) is 1.37. The summed E-state index contributed by atoms with van der Waals surface area (Å²) in [6.45, 7) is 9.65. The molecule has 1 aromatic heterocycles. The van der Waals surface area contributed by atoms with Gasteiger partial charge in [-0.15, -0.1) is 11.3 Å². The third kappa shape index (κ3) is 6.91. The van der Waals surface area contributed by atoms with Crippen LogP contribution in [0.2, 0.25) is 0 Å². The van der Waals surface area contributed by atoms with E-state index in [1.54, 1.807) is 11.3 Å². The lowest BCUT2D eigenvalue weighted by molar-refractivity contribution is 0.418. The Morgan fingerprint density at radius 1 is 1.24 bits per heavy atom. The predicted molar refractivity (Wildman–Crippen MR) is 83.8 cm³/mol. The van der Waals surface area contributed by atoms with Crippen LogP contribution in [0.25, 0.3) is 0 Å². The molecule has 98 valence electrons. The minimum absolute atomic E-state index is 0.226. The number of halogens is 2.